The third-order valence-corrected chi connectivity index (χ3v) is 2.50. The van der Waals surface area contributed by atoms with E-state index in [4.69, 9.17) is 4.74 Å². The fourth-order valence-electron chi connectivity index (χ4n) is 1.66. The van der Waals surface area contributed by atoms with Gasteiger partial charge in [0.25, 0.3) is 0 Å². The quantitative estimate of drug-likeness (QED) is 0.930. The normalized spacial score (nSPS) is 12.3. The summed E-state index contributed by atoms with van der Waals surface area (Å²) in [5, 5.41) is 5.99. The monoisotopic (exact) mass is 307 g/mol. The van der Waals surface area contributed by atoms with E-state index in [1.807, 2.05) is 0 Å². The molecule has 5 nitrogen and oxygen atoms in total. The van der Waals surface area contributed by atoms with Crippen LogP contribution in [-0.2, 0) is 23.9 Å². The second-order valence-corrected chi connectivity index (χ2v) is 5.55. The van der Waals surface area contributed by atoms with Crippen LogP contribution in [-0.4, -0.2) is 28.0 Å². The molecule has 0 aliphatic heterocycles. The number of carbonyl (C=O) groups is 1. The number of aryl methyl sites for hydroxylation is 1. The molecular weight excluding hydrogens is 287 g/mol. The molecular formula is C13H20F3N3O2. The largest absolute Gasteiger partial charge is 0.444 e. The molecule has 0 aliphatic carbocycles. The van der Waals surface area contributed by atoms with Gasteiger partial charge in [-0.05, 0) is 27.2 Å². The molecule has 0 aliphatic rings. The van der Waals surface area contributed by atoms with E-state index in [0.717, 1.165) is 0 Å². The lowest BCUT2D eigenvalue weighted by Gasteiger charge is -2.19. The molecule has 1 heterocycles. The fourth-order valence-corrected chi connectivity index (χ4v) is 1.66. The highest BCUT2D eigenvalue weighted by atomic mass is 19.4. The molecule has 0 unspecified atom stereocenters. The summed E-state index contributed by atoms with van der Waals surface area (Å²) in [5.41, 5.74) is -1.35. The Labute approximate surface area is 121 Å². The van der Waals surface area contributed by atoms with Gasteiger partial charge in [0.2, 0.25) is 0 Å². The molecule has 1 amide bonds. The number of hydrogen-bond donors (Lipinski definition) is 1. The number of nitrogens with zero attached hydrogens (tertiary/aromatic N) is 2. The standard InChI is InChI=1S/C13H20F3N3O2/c1-5-9-8-19(18-10(9)13(14,15)16)7-6-17-11(20)21-12(2,3)4/h8H,5-7H2,1-4H3,(H,17,20). The average molecular weight is 307 g/mol. The number of rotatable bonds is 4. The lowest BCUT2D eigenvalue weighted by Crippen LogP contribution is -2.34. The van der Waals surface area contributed by atoms with E-state index in [9.17, 15) is 18.0 Å². The average Bonchev–Trinajstić information content (AvgIpc) is 2.69. The number of hydrogen-bond acceptors (Lipinski definition) is 3. The van der Waals surface area contributed by atoms with Crippen molar-refractivity contribution in [1.29, 1.82) is 0 Å². The summed E-state index contributed by atoms with van der Waals surface area (Å²) in [7, 11) is 0. The fraction of sp³-hybridized carbons (Fsp3) is 0.692. The van der Waals surface area contributed by atoms with Gasteiger partial charge in [-0.3, -0.25) is 4.68 Å². The number of nitrogens with one attached hydrogen (secondary N) is 1. The SMILES string of the molecule is CCc1cn(CCNC(=O)OC(C)(C)C)nc1C(F)(F)F. The predicted molar refractivity (Wildman–Crippen MR) is 70.8 cm³/mol. The highest BCUT2D eigenvalue weighted by Crippen LogP contribution is 2.30. The maximum absolute atomic E-state index is 12.7. The number of carbonyl (C=O) groups excluding carboxylic acids is 1. The first-order valence-corrected chi connectivity index (χ1v) is 6.63. The highest BCUT2D eigenvalue weighted by Gasteiger charge is 2.36. The smallest absolute Gasteiger partial charge is 0.435 e. The Morgan fingerprint density at radius 2 is 2.00 bits per heavy atom. The van der Waals surface area contributed by atoms with Crippen LogP contribution in [0.15, 0.2) is 6.20 Å². The Hall–Kier alpha value is -1.73. The van der Waals surface area contributed by atoms with E-state index in [2.05, 4.69) is 10.4 Å². The van der Waals surface area contributed by atoms with Crippen molar-refractivity contribution < 1.29 is 22.7 Å². The maximum atomic E-state index is 12.7. The zero-order chi connectivity index (χ0) is 16.3. The van der Waals surface area contributed by atoms with Crippen molar-refractivity contribution in [2.45, 2.75) is 52.4 Å². The molecule has 0 radical (unpaired) electrons. The minimum Gasteiger partial charge on any atom is -0.444 e. The minimum atomic E-state index is -4.46. The van der Waals surface area contributed by atoms with E-state index in [0.29, 0.717) is 0 Å². The first-order chi connectivity index (χ1) is 9.53. The molecule has 0 aromatic carbocycles. The van der Waals surface area contributed by atoms with E-state index < -0.39 is 23.6 Å². The molecule has 0 saturated heterocycles. The number of aromatic nitrogens is 2. The summed E-state index contributed by atoms with van der Waals surface area (Å²) in [6.07, 6.45) is -3.48. The van der Waals surface area contributed by atoms with Gasteiger partial charge >= 0.3 is 12.3 Å². The van der Waals surface area contributed by atoms with Crippen LogP contribution in [0.25, 0.3) is 0 Å². The van der Waals surface area contributed by atoms with Crippen LogP contribution in [0.5, 0.6) is 0 Å². The van der Waals surface area contributed by atoms with E-state index >= 15 is 0 Å². The summed E-state index contributed by atoms with van der Waals surface area (Å²) < 4.78 is 44.4. The molecule has 1 rings (SSSR count). The molecule has 0 bridgehead atoms. The first kappa shape index (κ1) is 17.3. The summed E-state index contributed by atoms with van der Waals surface area (Å²) in [6.45, 7) is 7.09. The summed E-state index contributed by atoms with van der Waals surface area (Å²) in [4.78, 5) is 11.4. The summed E-state index contributed by atoms with van der Waals surface area (Å²) in [5.74, 6) is 0. The highest BCUT2D eigenvalue weighted by molar-refractivity contribution is 5.67. The molecule has 1 aromatic heterocycles. The zero-order valence-corrected chi connectivity index (χ0v) is 12.5. The van der Waals surface area contributed by atoms with Gasteiger partial charge in [0.05, 0.1) is 6.54 Å². The summed E-state index contributed by atoms with van der Waals surface area (Å²) in [6, 6.07) is 0. The Morgan fingerprint density at radius 1 is 1.38 bits per heavy atom. The van der Waals surface area contributed by atoms with E-state index in [1.165, 1.54) is 10.9 Å². The van der Waals surface area contributed by atoms with Gasteiger partial charge in [-0.15, -0.1) is 0 Å². The van der Waals surface area contributed by atoms with Gasteiger partial charge in [0.1, 0.15) is 5.60 Å². The number of amides is 1. The van der Waals surface area contributed by atoms with Crippen LogP contribution >= 0.6 is 0 Å². The van der Waals surface area contributed by atoms with Crippen LogP contribution in [0.2, 0.25) is 0 Å². The predicted octanol–water partition coefficient (Wildman–Crippen LogP) is 2.99. The van der Waals surface area contributed by atoms with Gasteiger partial charge in [0.15, 0.2) is 5.69 Å². The van der Waals surface area contributed by atoms with Crippen molar-refractivity contribution in [2.24, 2.45) is 0 Å². The molecule has 0 fully saturated rings. The molecule has 0 saturated carbocycles. The van der Waals surface area contributed by atoms with Gasteiger partial charge < -0.3 is 10.1 Å². The topological polar surface area (TPSA) is 56.2 Å². The molecule has 120 valence electrons. The van der Waals surface area contributed by atoms with Gasteiger partial charge in [-0.25, -0.2) is 4.79 Å². The van der Waals surface area contributed by atoms with Crippen molar-refractivity contribution in [3.8, 4) is 0 Å². The summed E-state index contributed by atoms with van der Waals surface area (Å²) >= 11 is 0. The zero-order valence-electron chi connectivity index (χ0n) is 12.5. The number of alkyl halides is 3. The lowest BCUT2D eigenvalue weighted by molar-refractivity contribution is -0.142. The van der Waals surface area contributed by atoms with Crippen LogP contribution < -0.4 is 5.32 Å². The van der Waals surface area contributed by atoms with Gasteiger partial charge in [0, 0.05) is 18.3 Å². The molecule has 1 aromatic rings. The number of alkyl carbamates (subject to hydrolysis) is 1. The third kappa shape index (κ3) is 5.65. The van der Waals surface area contributed by atoms with Gasteiger partial charge in [-0.1, -0.05) is 6.92 Å². The van der Waals surface area contributed by atoms with Crippen LogP contribution in [0.3, 0.4) is 0 Å². The third-order valence-electron chi connectivity index (χ3n) is 2.50. The first-order valence-electron chi connectivity index (χ1n) is 6.63. The van der Waals surface area contributed by atoms with Crippen molar-refractivity contribution in [1.82, 2.24) is 15.1 Å². The van der Waals surface area contributed by atoms with E-state index in [-0.39, 0.29) is 25.1 Å². The van der Waals surface area contributed by atoms with E-state index in [1.54, 1.807) is 27.7 Å². The molecule has 8 heteroatoms. The second-order valence-electron chi connectivity index (χ2n) is 5.55. The Morgan fingerprint density at radius 3 is 2.43 bits per heavy atom. The number of ether oxygens (including phenoxy) is 1. The lowest BCUT2D eigenvalue weighted by atomic mass is 10.2. The van der Waals surface area contributed by atoms with Gasteiger partial charge in [-0.2, -0.15) is 18.3 Å². The molecule has 1 N–H and O–H groups in total. The molecule has 21 heavy (non-hydrogen) atoms. The maximum Gasteiger partial charge on any atom is 0.435 e. The Kier molecular flexibility index (Phi) is 5.25. The number of halogens is 3. The van der Waals surface area contributed by atoms with Crippen molar-refractivity contribution >= 4 is 6.09 Å². The van der Waals surface area contributed by atoms with Crippen molar-refractivity contribution in [3.63, 3.8) is 0 Å². The Bertz CT molecular complexity index is 490. The van der Waals surface area contributed by atoms with Crippen LogP contribution in [0.1, 0.15) is 39.0 Å². The Balaban J connectivity index is 2.57. The van der Waals surface area contributed by atoms with Crippen molar-refractivity contribution in [2.75, 3.05) is 6.54 Å². The molecule has 0 spiro atoms. The van der Waals surface area contributed by atoms with Crippen LogP contribution in [0, 0.1) is 0 Å². The minimum absolute atomic E-state index is 0.136. The van der Waals surface area contributed by atoms with Crippen LogP contribution in [0.4, 0.5) is 18.0 Å². The molecule has 0 atom stereocenters. The van der Waals surface area contributed by atoms with Crippen molar-refractivity contribution in [3.05, 3.63) is 17.5 Å². The second kappa shape index (κ2) is 6.36.